The van der Waals surface area contributed by atoms with Gasteiger partial charge in [-0.2, -0.15) is 0 Å². The molecule has 2 rings (SSSR count). The van der Waals surface area contributed by atoms with Crippen LogP contribution in [-0.4, -0.2) is 6.04 Å². The molecule has 0 radical (unpaired) electrons. The van der Waals surface area contributed by atoms with Crippen LogP contribution in [0.25, 0.3) is 0 Å². The minimum atomic E-state index is -0.550. The Morgan fingerprint density at radius 2 is 1.64 bits per heavy atom. The molecule has 3 heteroatoms. The summed E-state index contributed by atoms with van der Waals surface area (Å²) in [6, 6.07) is 11.9. The van der Waals surface area contributed by atoms with E-state index in [1.54, 1.807) is 6.07 Å². The molecule has 0 aliphatic heterocycles. The van der Waals surface area contributed by atoms with E-state index in [1.165, 1.54) is 6.07 Å². The van der Waals surface area contributed by atoms with Crippen molar-refractivity contribution in [2.24, 2.45) is 11.8 Å². The molecule has 0 aromatic heterocycles. The van der Waals surface area contributed by atoms with Crippen LogP contribution in [0.4, 0.5) is 20.2 Å². The standard InChI is InChI=1S/C22H29F2N/c1-6-9-15(2)17(4)18(5)25(21-11-8-7-10-16(21)3)22-13-12-19(23)14-20(22)24/h7-8,10-15,17-18H,6,9H2,1-5H3. The van der Waals surface area contributed by atoms with Crippen LogP contribution in [-0.2, 0) is 0 Å². The zero-order valence-electron chi connectivity index (χ0n) is 15.9. The average molecular weight is 345 g/mol. The predicted octanol–water partition coefficient (Wildman–Crippen LogP) is 6.87. The Morgan fingerprint density at radius 1 is 0.960 bits per heavy atom. The first-order valence-electron chi connectivity index (χ1n) is 9.16. The van der Waals surface area contributed by atoms with E-state index in [-0.39, 0.29) is 6.04 Å². The molecule has 1 nitrogen and oxygen atoms in total. The lowest BCUT2D eigenvalue weighted by Gasteiger charge is -2.38. The first kappa shape index (κ1) is 19.4. The topological polar surface area (TPSA) is 3.24 Å². The Bertz CT molecular complexity index is 698. The van der Waals surface area contributed by atoms with E-state index >= 15 is 0 Å². The van der Waals surface area contributed by atoms with Crippen LogP contribution < -0.4 is 4.90 Å². The summed E-state index contributed by atoms with van der Waals surface area (Å²) < 4.78 is 28.0. The van der Waals surface area contributed by atoms with Crippen LogP contribution in [0.3, 0.4) is 0 Å². The lowest BCUT2D eigenvalue weighted by atomic mass is 9.85. The number of para-hydroxylation sites is 1. The molecule has 3 unspecified atom stereocenters. The van der Waals surface area contributed by atoms with Crippen molar-refractivity contribution in [2.45, 2.75) is 53.5 Å². The van der Waals surface area contributed by atoms with Gasteiger partial charge in [0.05, 0.1) is 5.69 Å². The van der Waals surface area contributed by atoms with Gasteiger partial charge in [0.1, 0.15) is 11.6 Å². The van der Waals surface area contributed by atoms with Gasteiger partial charge >= 0.3 is 0 Å². The maximum Gasteiger partial charge on any atom is 0.149 e. The highest BCUT2D eigenvalue weighted by atomic mass is 19.1. The number of benzene rings is 2. The molecule has 2 aromatic rings. The second-order valence-electron chi connectivity index (χ2n) is 7.12. The summed E-state index contributed by atoms with van der Waals surface area (Å²) >= 11 is 0. The SMILES string of the molecule is CCCC(C)C(C)C(C)N(c1ccccc1C)c1ccc(F)cc1F. The maximum atomic E-state index is 14.6. The Hall–Kier alpha value is -1.90. The van der Waals surface area contributed by atoms with Crippen LogP contribution in [0.2, 0.25) is 0 Å². The number of anilines is 2. The molecule has 0 fully saturated rings. The summed E-state index contributed by atoms with van der Waals surface area (Å²) in [5.74, 6) is -0.185. The van der Waals surface area contributed by atoms with Gasteiger partial charge < -0.3 is 4.90 Å². The second kappa shape index (κ2) is 8.46. The average Bonchev–Trinajstić information content (AvgIpc) is 2.57. The van der Waals surface area contributed by atoms with E-state index in [0.29, 0.717) is 17.5 Å². The molecule has 0 aliphatic carbocycles. The summed E-state index contributed by atoms with van der Waals surface area (Å²) in [5, 5.41) is 0. The minimum Gasteiger partial charge on any atom is -0.336 e. The molecule has 2 aromatic carbocycles. The van der Waals surface area contributed by atoms with E-state index in [2.05, 4.69) is 27.7 Å². The number of aryl methyl sites for hydroxylation is 1. The molecule has 25 heavy (non-hydrogen) atoms. The number of nitrogens with zero attached hydrogens (tertiary/aromatic N) is 1. The molecular weight excluding hydrogens is 316 g/mol. The van der Waals surface area contributed by atoms with Crippen LogP contribution >= 0.6 is 0 Å². The van der Waals surface area contributed by atoms with Gasteiger partial charge in [0, 0.05) is 17.8 Å². The number of rotatable bonds is 7. The van der Waals surface area contributed by atoms with Crippen molar-refractivity contribution >= 4 is 11.4 Å². The van der Waals surface area contributed by atoms with Crippen LogP contribution in [0, 0.1) is 30.4 Å². The van der Waals surface area contributed by atoms with Gasteiger partial charge in [-0.05, 0) is 49.4 Å². The van der Waals surface area contributed by atoms with Gasteiger partial charge in [0.25, 0.3) is 0 Å². The van der Waals surface area contributed by atoms with Gasteiger partial charge in [-0.15, -0.1) is 0 Å². The molecule has 0 saturated heterocycles. The quantitative estimate of drug-likeness (QED) is 0.529. The maximum absolute atomic E-state index is 14.6. The van der Waals surface area contributed by atoms with Crippen molar-refractivity contribution < 1.29 is 8.78 Å². The van der Waals surface area contributed by atoms with Crippen molar-refractivity contribution in [2.75, 3.05) is 4.90 Å². The normalized spacial score (nSPS) is 14.8. The molecule has 0 saturated carbocycles. The van der Waals surface area contributed by atoms with E-state index in [9.17, 15) is 8.78 Å². The van der Waals surface area contributed by atoms with Crippen molar-refractivity contribution in [3.63, 3.8) is 0 Å². The van der Waals surface area contributed by atoms with E-state index < -0.39 is 11.6 Å². The molecule has 0 N–H and O–H groups in total. The summed E-state index contributed by atoms with van der Waals surface area (Å²) in [4.78, 5) is 2.03. The summed E-state index contributed by atoms with van der Waals surface area (Å²) in [6.07, 6.45) is 2.27. The first-order chi connectivity index (χ1) is 11.9. The molecule has 0 amide bonds. The molecule has 3 atom stereocenters. The number of halogens is 2. The third-order valence-corrected chi connectivity index (χ3v) is 5.35. The molecule has 0 bridgehead atoms. The molecule has 0 heterocycles. The van der Waals surface area contributed by atoms with Gasteiger partial charge in [0.2, 0.25) is 0 Å². The van der Waals surface area contributed by atoms with Crippen LogP contribution in [0.15, 0.2) is 42.5 Å². The Balaban J connectivity index is 2.51. The number of hydrogen-bond donors (Lipinski definition) is 0. The lowest BCUT2D eigenvalue weighted by Crippen LogP contribution is -2.37. The predicted molar refractivity (Wildman–Crippen MR) is 102 cm³/mol. The van der Waals surface area contributed by atoms with Gasteiger partial charge in [-0.3, -0.25) is 0 Å². The third-order valence-electron chi connectivity index (χ3n) is 5.35. The van der Waals surface area contributed by atoms with Gasteiger partial charge in [-0.25, -0.2) is 8.78 Å². The van der Waals surface area contributed by atoms with E-state index in [0.717, 1.165) is 30.2 Å². The monoisotopic (exact) mass is 345 g/mol. The summed E-state index contributed by atoms with van der Waals surface area (Å²) in [6.45, 7) is 10.8. The highest BCUT2D eigenvalue weighted by Gasteiger charge is 2.28. The summed E-state index contributed by atoms with van der Waals surface area (Å²) in [5.41, 5.74) is 2.48. The molecule has 0 aliphatic rings. The fourth-order valence-corrected chi connectivity index (χ4v) is 3.51. The Labute approximate surface area is 150 Å². The minimum absolute atomic E-state index is 0.0858. The smallest absolute Gasteiger partial charge is 0.149 e. The van der Waals surface area contributed by atoms with Crippen LogP contribution in [0.5, 0.6) is 0 Å². The zero-order valence-corrected chi connectivity index (χ0v) is 15.9. The van der Waals surface area contributed by atoms with Crippen molar-refractivity contribution in [1.29, 1.82) is 0 Å². The van der Waals surface area contributed by atoms with Crippen molar-refractivity contribution in [1.82, 2.24) is 0 Å². The molecule has 0 spiro atoms. The first-order valence-corrected chi connectivity index (χ1v) is 9.16. The van der Waals surface area contributed by atoms with Crippen LogP contribution in [0.1, 0.15) is 46.1 Å². The second-order valence-corrected chi connectivity index (χ2v) is 7.12. The lowest BCUT2D eigenvalue weighted by molar-refractivity contribution is 0.315. The van der Waals surface area contributed by atoms with E-state index in [4.69, 9.17) is 0 Å². The fraction of sp³-hybridized carbons (Fsp3) is 0.455. The number of hydrogen-bond acceptors (Lipinski definition) is 1. The van der Waals surface area contributed by atoms with Gasteiger partial charge in [-0.1, -0.05) is 51.8 Å². The van der Waals surface area contributed by atoms with E-state index in [1.807, 2.05) is 36.1 Å². The van der Waals surface area contributed by atoms with Crippen molar-refractivity contribution in [3.05, 3.63) is 59.7 Å². The highest BCUT2D eigenvalue weighted by molar-refractivity contribution is 5.67. The Kier molecular flexibility index (Phi) is 6.57. The highest BCUT2D eigenvalue weighted by Crippen LogP contribution is 2.36. The van der Waals surface area contributed by atoms with Gasteiger partial charge in [0.15, 0.2) is 0 Å². The largest absolute Gasteiger partial charge is 0.336 e. The Morgan fingerprint density at radius 3 is 2.24 bits per heavy atom. The third kappa shape index (κ3) is 4.39. The molecule has 136 valence electrons. The fourth-order valence-electron chi connectivity index (χ4n) is 3.51. The molecular formula is C22H29F2N. The van der Waals surface area contributed by atoms with Crippen molar-refractivity contribution in [3.8, 4) is 0 Å². The summed E-state index contributed by atoms with van der Waals surface area (Å²) in [7, 11) is 0. The zero-order chi connectivity index (χ0) is 18.6.